The molecule has 0 aromatic heterocycles. The molecule has 1 nitrogen and oxygen atoms in total. The van der Waals surface area contributed by atoms with Gasteiger partial charge in [0.15, 0.2) is 6.29 Å². The molecule has 1 radical (unpaired) electrons. The van der Waals surface area contributed by atoms with Crippen LogP contribution in [0.3, 0.4) is 0 Å². The van der Waals surface area contributed by atoms with Crippen molar-refractivity contribution in [2.75, 3.05) is 0 Å². The first-order valence-electron chi connectivity index (χ1n) is 3.19. The van der Waals surface area contributed by atoms with Crippen LogP contribution in [0, 0.1) is 6.07 Å². The Morgan fingerprint density at radius 2 is 2.08 bits per heavy atom. The Labute approximate surface area is 77.1 Å². The minimum absolute atomic E-state index is 0.00185. The summed E-state index contributed by atoms with van der Waals surface area (Å²) in [7, 11) is 0. The smallest absolute Gasteiger partial charge is 0.298 e. The fourth-order valence-electron chi connectivity index (χ4n) is 0.766. The zero-order chi connectivity index (χ0) is 10.1. The second-order valence-corrected chi connectivity index (χ2v) is 2.67. The molecule has 0 aliphatic carbocycles. The second kappa shape index (κ2) is 3.38. The summed E-state index contributed by atoms with van der Waals surface area (Å²) in [5.41, 5.74) is -0.988. The Kier molecular flexibility index (Phi) is 2.61. The van der Waals surface area contributed by atoms with Crippen LogP contribution in [0.15, 0.2) is 12.1 Å². The number of hydrogen-bond donors (Lipinski definition) is 0. The molecule has 0 aliphatic rings. The van der Waals surface area contributed by atoms with Crippen molar-refractivity contribution in [3.8, 4) is 0 Å². The fraction of sp³-hybridized carbons (Fsp3) is 0.125. The molecule has 1 aromatic rings. The van der Waals surface area contributed by atoms with Crippen molar-refractivity contribution in [3.05, 3.63) is 34.3 Å². The summed E-state index contributed by atoms with van der Waals surface area (Å²) in [5, 5.41) is -0.492. The summed E-state index contributed by atoms with van der Waals surface area (Å²) in [6.07, 6.45) is -4.12. The minimum atomic E-state index is -4.50. The van der Waals surface area contributed by atoms with Gasteiger partial charge in [0.2, 0.25) is 0 Å². The van der Waals surface area contributed by atoms with Crippen LogP contribution in [-0.2, 0) is 6.18 Å². The maximum absolute atomic E-state index is 12.1. The Morgan fingerprint density at radius 3 is 2.46 bits per heavy atom. The molecule has 0 fully saturated rings. The minimum Gasteiger partial charge on any atom is -0.298 e. The Bertz CT molecular complexity index is 333. The molecule has 0 amide bonds. The van der Waals surface area contributed by atoms with Gasteiger partial charge in [0.25, 0.3) is 0 Å². The van der Waals surface area contributed by atoms with Crippen LogP contribution in [0.25, 0.3) is 0 Å². The van der Waals surface area contributed by atoms with Gasteiger partial charge in [-0.3, -0.25) is 4.79 Å². The molecule has 0 atom stereocenters. The Balaban J connectivity index is 3.20. The van der Waals surface area contributed by atoms with E-state index in [-0.39, 0.29) is 5.56 Å². The first-order valence-corrected chi connectivity index (χ1v) is 3.56. The molecule has 0 spiro atoms. The van der Waals surface area contributed by atoms with Crippen LogP contribution in [-0.4, -0.2) is 6.29 Å². The van der Waals surface area contributed by atoms with Gasteiger partial charge < -0.3 is 0 Å². The third-order valence-electron chi connectivity index (χ3n) is 1.36. The summed E-state index contributed by atoms with van der Waals surface area (Å²) >= 11 is 5.29. The van der Waals surface area contributed by atoms with Crippen molar-refractivity contribution in [2.45, 2.75) is 6.18 Å². The van der Waals surface area contributed by atoms with E-state index >= 15 is 0 Å². The maximum atomic E-state index is 12.1. The number of hydrogen-bond acceptors (Lipinski definition) is 1. The average molecular weight is 208 g/mol. The highest BCUT2D eigenvalue weighted by Gasteiger charge is 2.32. The lowest BCUT2D eigenvalue weighted by Crippen LogP contribution is -2.05. The van der Waals surface area contributed by atoms with E-state index in [9.17, 15) is 18.0 Å². The van der Waals surface area contributed by atoms with E-state index in [0.29, 0.717) is 12.4 Å². The lowest BCUT2D eigenvalue weighted by atomic mass is 10.1. The second-order valence-electron chi connectivity index (χ2n) is 2.27. The van der Waals surface area contributed by atoms with Crippen molar-refractivity contribution in [1.82, 2.24) is 0 Å². The number of aldehydes is 1. The van der Waals surface area contributed by atoms with E-state index in [0.717, 1.165) is 6.07 Å². The molecule has 0 unspecified atom stereocenters. The van der Waals surface area contributed by atoms with Gasteiger partial charge in [-0.2, -0.15) is 13.2 Å². The van der Waals surface area contributed by atoms with Gasteiger partial charge in [0.1, 0.15) is 0 Å². The summed E-state index contributed by atoms with van der Waals surface area (Å²) < 4.78 is 36.3. The van der Waals surface area contributed by atoms with E-state index < -0.39 is 16.8 Å². The monoisotopic (exact) mass is 207 g/mol. The number of carbonyl (C=O) groups excluding carboxylic acids is 1. The molecule has 1 rings (SSSR count). The number of benzene rings is 1. The predicted octanol–water partition coefficient (Wildman–Crippen LogP) is 2.97. The number of rotatable bonds is 1. The summed E-state index contributed by atoms with van der Waals surface area (Å²) in [6.45, 7) is 0. The van der Waals surface area contributed by atoms with E-state index in [1.807, 2.05) is 0 Å². The van der Waals surface area contributed by atoms with Crippen molar-refractivity contribution < 1.29 is 18.0 Å². The van der Waals surface area contributed by atoms with Crippen LogP contribution in [0.4, 0.5) is 13.2 Å². The van der Waals surface area contributed by atoms with E-state index in [4.69, 9.17) is 11.6 Å². The van der Waals surface area contributed by atoms with Crippen molar-refractivity contribution in [3.63, 3.8) is 0 Å². The summed E-state index contributed by atoms with van der Waals surface area (Å²) in [4.78, 5) is 10.1. The molecule has 13 heavy (non-hydrogen) atoms. The summed E-state index contributed by atoms with van der Waals surface area (Å²) in [6, 6.07) is 3.75. The van der Waals surface area contributed by atoms with Gasteiger partial charge in [-0.25, -0.2) is 0 Å². The van der Waals surface area contributed by atoms with Crippen LogP contribution in [0.1, 0.15) is 15.9 Å². The van der Waals surface area contributed by atoms with E-state index in [2.05, 4.69) is 6.07 Å². The zero-order valence-corrected chi connectivity index (χ0v) is 6.91. The van der Waals surface area contributed by atoms with Crippen molar-refractivity contribution >= 4 is 17.9 Å². The van der Waals surface area contributed by atoms with Crippen molar-refractivity contribution in [1.29, 1.82) is 0 Å². The standard InChI is InChI=1S/C8H3ClF3O/c9-7-3-5(4-13)1-2-6(7)8(10,11)12/h2-4H. The van der Waals surface area contributed by atoms with Gasteiger partial charge in [-0.15, -0.1) is 0 Å². The number of halogens is 4. The summed E-state index contributed by atoms with van der Waals surface area (Å²) in [5.74, 6) is 0. The van der Waals surface area contributed by atoms with Gasteiger partial charge in [0, 0.05) is 5.56 Å². The largest absolute Gasteiger partial charge is 0.417 e. The fourth-order valence-corrected chi connectivity index (χ4v) is 1.04. The first-order chi connectivity index (χ1) is 5.95. The van der Waals surface area contributed by atoms with E-state index in [1.54, 1.807) is 0 Å². The van der Waals surface area contributed by atoms with Crippen LogP contribution < -0.4 is 0 Å². The molecule has 0 heterocycles. The Hall–Kier alpha value is -1.03. The molecule has 1 aromatic carbocycles. The maximum Gasteiger partial charge on any atom is 0.417 e. The first kappa shape index (κ1) is 10.1. The van der Waals surface area contributed by atoms with Gasteiger partial charge in [-0.05, 0) is 18.2 Å². The lowest BCUT2D eigenvalue weighted by Gasteiger charge is -2.07. The third-order valence-corrected chi connectivity index (χ3v) is 1.67. The van der Waals surface area contributed by atoms with Gasteiger partial charge in [0.05, 0.1) is 10.6 Å². The highest BCUT2D eigenvalue weighted by atomic mass is 35.5. The highest BCUT2D eigenvalue weighted by molar-refractivity contribution is 6.31. The topological polar surface area (TPSA) is 17.1 Å². The molecule has 69 valence electrons. The molecule has 0 saturated carbocycles. The average Bonchev–Trinajstić information content (AvgIpc) is 2.01. The highest BCUT2D eigenvalue weighted by Crippen LogP contribution is 2.34. The molecule has 0 saturated heterocycles. The van der Waals surface area contributed by atoms with Crippen LogP contribution in [0.5, 0.6) is 0 Å². The van der Waals surface area contributed by atoms with Gasteiger partial charge in [-0.1, -0.05) is 11.6 Å². The molecular weight excluding hydrogens is 205 g/mol. The predicted molar refractivity (Wildman–Crippen MR) is 40.7 cm³/mol. The quantitative estimate of drug-likeness (QED) is 0.647. The molecule has 0 aliphatic heterocycles. The SMILES string of the molecule is O=Cc1[c]cc(C(F)(F)F)c(Cl)c1. The van der Waals surface area contributed by atoms with Crippen LogP contribution in [0.2, 0.25) is 5.02 Å². The van der Waals surface area contributed by atoms with E-state index in [1.165, 1.54) is 0 Å². The van der Waals surface area contributed by atoms with Gasteiger partial charge >= 0.3 is 6.18 Å². The third kappa shape index (κ3) is 2.21. The van der Waals surface area contributed by atoms with Crippen molar-refractivity contribution in [2.24, 2.45) is 0 Å². The number of alkyl halides is 3. The molecule has 0 bridgehead atoms. The zero-order valence-electron chi connectivity index (χ0n) is 6.15. The normalized spacial score (nSPS) is 11.4. The molecule has 5 heteroatoms. The molecular formula is C8H3ClF3O. The molecule has 0 N–H and O–H groups in total. The Morgan fingerprint density at radius 1 is 1.46 bits per heavy atom. The lowest BCUT2D eigenvalue weighted by molar-refractivity contribution is -0.137. The number of carbonyl (C=O) groups is 1. The van der Waals surface area contributed by atoms with Crippen LogP contribution >= 0.6 is 11.6 Å².